The minimum atomic E-state index is -0.430. The van der Waals surface area contributed by atoms with E-state index in [1.807, 2.05) is 0 Å². The van der Waals surface area contributed by atoms with E-state index in [1.54, 1.807) is 54.6 Å². The van der Waals surface area contributed by atoms with Crippen LogP contribution in [0.2, 0.25) is 10.0 Å². The van der Waals surface area contributed by atoms with Crippen molar-refractivity contribution in [2.45, 2.75) is 6.61 Å². The van der Waals surface area contributed by atoms with E-state index < -0.39 is 5.91 Å². The Balaban J connectivity index is 1.69. The van der Waals surface area contributed by atoms with E-state index >= 15 is 0 Å². The SMILES string of the molecule is O=C(N/N=C/c1cc(Br)c(O)c(Br)c1)c1ccccc1OCc1ccc(Cl)cc1Cl. The second kappa shape index (κ2) is 10.3. The van der Waals surface area contributed by atoms with Gasteiger partial charge in [0.2, 0.25) is 0 Å². The van der Waals surface area contributed by atoms with Crippen LogP contribution in [0.25, 0.3) is 0 Å². The van der Waals surface area contributed by atoms with Gasteiger partial charge in [-0.2, -0.15) is 5.10 Å². The van der Waals surface area contributed by atoms with E-state index in [9.17, 15) is 9.90 Å². The van der Waals surface area contributed by atoms with E-state index in [0.29, 0.717) is 35.9 Å². The Morgan fingerprint density at radius 1 is 1.10 bits per heavy atom. The summed E-state index contributed by atoms with van der Waals surface area (Å²) in [6.45, 7) is 0.180. The van der Waals surface area contributed by atoms with Crippen molar-refractivity contribution in [2.24, 2.45) is 5.10 Å². The van der Waals surface area contributed by atoms with E-state index in [-0.39, 0.29) is 12.4 Å². The van der Waals surface area contributed by atoms with Gasteiger partial charge in [-0.15, -0.1) is 0 Å². The summed E-state index contributed by atoms with van der Waals surface area (Å²) >= 11 is 18.6. The van der Waals surface area contributed by atoms with Crippen LogP contribution in [-0.2, 0) is 6.61 Å². The van der Waals surface area contributed by atoms with Crippen molar-refractivity contribution in [3.63, 3.8) is 0 Å². The third-order valence-electron chi connectivity index (χ3n) is 3.95. The highest BCUT2D eigenvalue weighted by molar-refractivity contribution is 9.11. The van der Waals surface area contributed by atoms with Gasteiger partial charge in [-0.05, 0) is 73.8 Å². The van der Waals surface area contributed by atoms with E-state index in [2.05, 4.69) is 42.4 Å². The van der Waals surface area contributed by atoms with Crippen molar-refractivity contribution in [1.82, 2.24) is 5.43 Å². The number of rotatable bonds is 6. The van der Waals surface area contributed by atoms with Gasteiger partial charge in [0.25, 0.3) is 5.91 Å². The highest BCUT2D eigenvalue weighted by Crippen LogP contribution is 2.32. The van der Waals surface area contributed by atoms with Crippen molar-refractivity contribution in [3.8, 4) is 11.5 Å². The van der Waals surface area contributed by atoms with Gasteiger partial charge in [-0.25, -0.2) is 5.43 Å². The van der Waals surface area contributed by atoms with E-state index in [1.165, 1.54) is 6.21 Å². The molecule has 0 fully saturated rings. The van der Waals surface area contributed by atoms with Gasteiger partial charge in [0.1, 0.15) is 18.1 Å². The third kappa shape index (κ3) is 5.76. The topological polar surface area (TPSA) is 70.9 Å². The number of halogens is 4. The van der Waals surface area contributed by atoms with Crippen LogP contribution in [0.3, 0.4) is 0 Å². The molecule has 5 nitrogen and oxygen atoms in total. The highest BCUT2D eigenvalue weighted by atomic mass is 79.9. The summed E-state index contributed by atoms with van der Waals surface area (Å²) in [4.78, 5) is 12.6. The molecule has 3 rings (SSSR count). The molecule has 0 saturated heterocycles. The molecular formula is C21H14Br2Cl2N2O3. The number of benzene rings is 3. The van der Waals surface area contributed by atoms with Crippen molar-refractivity contribution in [2.75, 3.05) is 0 Å². The fourth-order valence-corrected chi connectivity index (χ4v) is 4.14. The summed E-state index contributed by atoms with van der Waals surface area (Å²) in [7, 11) is 0. The second-order valence-electron chi connectivity index (χ2n) is 6.05. The first-order chi connectivity index (χ1) is 14.3. The summed E-state index contributed by atoms with van der Waals surface area (Å²) < 4.78 is 6.80. The number of carbonyl (C=O) groups is 1. The Bertz CT molecular complexity index is 1100. The average molecular weight is 573 g/mol. The lowest BCUT2D eigenvalue weighted by atomic mass is 10.2. The molecule has 154 valence electrons. The van der Waals surface area contributed by atoms with Gasteiger partial charge < -0.3 is 9.84 Å². The molecule has 0 saturated carbocycles. The smallest absolute Gasteiger partial charge is 0.275 e. The van der Waals surface area contributed by atoms with Gasteiger partial charge in [0.05, 0.1) is 20.7 Å². The maximum absolute atomic E-state index is 12.6. The van der Waals surface area contributed by atoms with Crippen molar-refractivity contribution in [1.29, 1.82) is 0 Å². The minimum Gasteiger partial charge on any atom is -0.506 e. The van der Waals surface area contributed by atoms with Crippen molar-refractivity contribution < 1.29 is 14.6 Å². The first-order valence-electron chi connectivity index (χ1n) is 8.52. The Morgan fingerprint density at radius 2 is 1.80 bits per heavy atom. The van der Waals surface area contributed by atoms with Gasteiger partial charge in [-0.1, -0.05) is 41.4 Å². The predicted molar refractivity (Wildman–Crippen MR) is 126 cm³/mol. The van der Waals surface area contributed by atoms with Gasteiger partial charge in [-0.3, -0.25) is 4.79 Å². The number of ether oxygens (including phenoxy) is 1. The number of aromatic hydroxyl groups is 1. The Labute approximate surface area is 199 Å². The molecule has 0 atom stereocenters. The third-order valence-corrected chi connectivity index (χ3v) is 5.74. The lowest BCUT2D eigenvalue weighted by molar-refractivity contribution is 0.0950. The van der Waals surface area contributed by atoms with Gasteiger partial charge in [0.15, 0.2) is 0 Å². The molecule has 0 bridgehead atoms. The fraction of sp³-hybridized carbons (Fsp3) is 0.0476. The standard InChI is InChI=1S/C21H14Br2Cl2N2O3/c22-16-7-12(8-17(23)20(16)28)10-26-27-21(29)15-3-1-2-4-19(15)30-11-13-5-6-14(24)9-18(13)25/h1-10,28H,11H2,(H,27,29)/b26-10+. The molecule has 0 spiro atoms. The number of nitrogens with zero attached hydrogens (tertiary/aromatic N) is 1. The predicted octanol–water partition coefficient (Wildman–Crippen LogP) is 6.57. The fourth-order valence-electron chi connectivity index (χ4n) is 2.46. The highest BCUT2D eigenvalue weighted by Gasteiger charge is 2.12. The summed E-state index contributed by atoms with van der Waals surface area (Å²) in [6, 6.07) is 15.3. The second-order valence-corrected chi connectivity index (χ2v) is 8.61. The Morgan fingerprint density at radius 3 is 2.50 bits per heavy atom. The molecule has 0 unspecified atom stereocenters. The first kappa shape index (κ1) is 22.6. The molecule has 1 amide bonds. The van der Waals surface area contributed by atoms with E-state index in [0.717, 1.165) is 5.56 Å². The lowest BCUT2D eigenvalue weighted by Crippen LogP contribution is -2.18. The number of hydrazone groups is 1. The largest absolute Gasteiger partial charge is 0.506 e. The number of amides is 1. The zero-order valence-corrected chi connectivity index (χ0v) is 19.9. The molecule has 0 aromatic heterocycles. The number of para-hydroxylation sites is 1. The molecule has 0 radical (unpaired) electrons. The molecule has 9 heteroatoms. The van der Waals surface area contributed by atoms with Crippen LogP contribution in [0.4, 0.5) is 0 Å². The molecular weight excluding hydrogens is 559 g/mol. The van der Waals surface area contributed by atoms with Crippen LogP contribution in [0.15, 0.2) is 68.6 Å². The zero-order valence-electron chi connectivity index (χ0n) is 15.2. The molecule has 3 aromatic carbocycles. The molecule has 30 heavy (non-hydrogen) atoms. The van der Waals surface area contributed by atoms with Gasteiger partial charge in [0, 0.05) is 15.6 Å². The molecule has 0 aliphatic rings. The maximum Gasteiger partial charge on any atom is 0.275 e. The van der Waals surface area contributed by atoms with Gasteiger partial charge >= 0.3 is 0 Å². The summed E-state index contributed by atoms with van der Waals surface area (Å²) in [5.74, 6) is 0.0513. The molecule has 2 N–H and O–H groups in total. The average Bonchev–Trinajstić information content (AvgIpc) is 2.71. The number of phenolic OH excluding ortho intramolecular Hbond substituents is 1. The Kier molecular flexibility index (Phi) is 7.77. The van der Waals surface area contributed by atoms with Crippen LogP contribution in [-0.4, -0.2) is 17.2 Å². The molecule has 3 aromatic rings. The summed E-state index contributed by atoms with van der Waals surface area (Å²) in [5.41, 5.74) is 4.22. The van der Waals surface area contributed by atoms with Crippen LogP contribution in [0.1, 0.15) is 21.5 Å². The Hall–Kier alpha value is -2.06. The molecule has 0 aliphatic heterocycles. The van der Waals surface area contributed by atoms with Crippen LogP contribution in [0.5, 0.6) is 11.5 Å². The number of hydrogen-bond donors (Lipinski definition) is 2. The molecule has 0 aliphatic carbocycles. The van der Waals surface area contributed by atoms with Crippen LogP contribution >= 0.6 is 55.1 Å². The minimum absolute atomic E-state index is 0.0862. The monoisotopic (exact) mass is 570 g/mol. The number of hydrogen-bond acceptors (Lipinski definition) is 4. The van der Waals surface area contributed by atoms with Crippen molar-refractivity contribution in [3.05, 3.63) is 90.3 Å². The summed E-state index contributed by atoms with van der Waals surface area (Å²) in [6.07, 6.45) is 1.46. The number of nitrogens with one attached hydrogen (secondary N) is 1. The van der Waals surface area contributed by atoms with Crippen LogP contribution in [0, 0.1) is 0 Å². The number of phenols is 1. The quantitative estimate of drug-likeness (QED) is 0.259. The first-order valence-corrected chi connectivity index (χ1v) is 10.9. The lowest BCUT2D eigenvalue weighted by Gasteiger charge is -2.11. The van der Waals surface area contributed by atoms with E-state index in [4.69, 9.17) is 27.9 Å². The van der Waals surface area contributed by atoms with Crippen LogP contribution < -0.4 is 10.2 Å². The summed E-state index contributed by atoms with van der Waals surface area (Å²) in [5, 5.41) is 14.7. The van der Waals surface area contributed by atoms with Crippen molar-refractivity contribution >= 4 is 67.2 Å². The molecule has 0 heterocycles. The number of carbonyl (C=O) groups excluding carboxylic acids is 1. The zero-order chi connectivity index (χ0) is 21.7. The maximum atomic E-state index is 12.6. The normalized spacial score (nSPS) is 10.9.